The number of likely N-dealkylation sites (N-methyl/N-ethyl adjacent to an activating group) is 1. The van der Waals surface area contributed by atoms with Crippen LogP contribution >= 0.6 is 0 Å². The standard InChI is InChI=1S/C15H24N2/c1-17(11-13-7-3-2-4-8-13)12-15(16)14-9-5-6-10-14/h2-4,7-8,14-15H,5-6,9-12,16H2,1H3. The molecule has 1 atom stereocenters. The van der Waals surface area contributed by atoms with Gasteiger partial charge in [-0.15, -0.1) is 0 Å². The highest BCUT2D eigenvalue weighted by molar-refractivity contribution is 5.14. The van der Waals surface area contributed by atoms with E-state index in [2.05, 4.69) is 42.3 Å². The molecule has 0 aliphatic heterocycles. The largest absolute Gasteiger partial charge is 0.326 e. The van der Waals surface area contributed by atoms with Crippen LogP contribution in [-0.4, -0.2) is 24.5 Å². The summed E-state index contributed by atoms with van der Waals surface area (Å²) < 4.78 is 0. The van der Waals surface area contributed by atoms with E-state index < -0.39 is 0 Å². The van der Waals surface area contributed by atoms with Crippen LogP contribution in [0.25, 0.3) is 0 Å². The van der Waals surface area contributed by atoms with Gasteiger partial charge in [-0.25, -0.2) is 0 Å². The molecule has 0 saturated heterocycles. The third-order valence-electron chi connectivity index (χ3n) is 3.82. The van der Waals surface area contributed by atoms with Gasteiger partial charge in [0.15, 0.2) is 0 Å². The Labute approximate surface area is 105 Å². The molecule has 94 valence electrons. The molecule has 2 rings (SSSR count). The minimum absolute atomic E-state index is 0.353. The fourth-order valence-corrected chi connectivity index (χ4v) is 2.85. The highest BCUT2D eigenvalue weighted by Gasteiger charge is 2.22. The molecule has 0 bridgehead atoms. The molecule has 1 saturated carbocycles. The SMILES string of the molecule is CN(Cc1ccccc1)CC(N)C1CCCC1. The third kappa shape index (κ3) is 3.83. The minimum atomic E-state index is 0.353. The maximum Gasteiger partial charge on any atom is 0.0231 e. The van der Waals surface area contributed by atoms with E-state index in [9.17, 15) is 0 Å². The predicted molar refractivity (Wildman–Crippen MR) is 72.7 cm³/mol. The van der Waals surface area contributed by atoms with Gasteiger partial charge in [0.05, 0.1) is 0 Å². The molecule has 2 heteroatoms. The van der Waals surface area contributed by atoms with Gasteiger partial charge in [-0.1, -0.05) is 43.2 Å². The van der Waals surface area contributed by atoms with Crippen molar-refractivity contribution >= 4 is 0 Å². The van der Waals surface area contributed by atoms with Crippen LogP contribution in [0.3, 0.4) is 0 Å². The number of hydrogen-bond donors (Lipinski definition) is 1. The van der Waals surface area contributed by atoms with Gasteiger partial charge in [0.25, 0.3) is 0 Å². The van der Waals surface area contributed by atoms with E-state index in [1.54, 1.807) is 0 Å². The summed E-state index contributed by atoms with van der Waals surface area (Å²) in [5.74, 6) is 0.758. The van der Waals surface area contributed by atoms with E-state index >= 15 is 0 Å². The molecule has 1 fully saturated rings. The van der Waals surface area contributed by atoms with Gasteiger partial charge in [0, 0.05) is 19.1 Å². The van der Waals surface area contributed by atoms with E-state index in [1.807, 2.05) is 0 Å². The maximum atomic E-state index is 6.29. The Hall–Kier alpha value is -0.860. The minimum Gasteiger partial charge on any atom is -0.326 e. The first-order valence-electron chi connectivity index (χ1n) is 6.74. The maximum absolute atomic E-state index is 6.29. The molecule has 0 radical (unpaired) electrons. The highest BCUT2D eigenvalue weighted by atomic mass is 15.1. The summed E-state index contributed by atoms with van der Waals surface area (Å²) in [6.07, 6.45) is 5.42. The van der Waals surface area contributed by atoms with Gasteiger partial charge >= 0.3 is 0 Å². The van der Waals surface area contributed by atoms with E-state index in [1.165, 1.54) is 31.2 Å². The summed E-state index contributed by atoms with van der Waals surface area (Å²) in [6, 6.07) is 11.0. The first-order valence-corrected chi connectivity index (χ1v) is 6.74. The smallest absolute Gasteiger partial charge is 0.0231 e. The molecule has 2 N–H and O–H groups in total. The molecule has 0 heterocycles. The molecule has 0 aromatic heterocycles. The van der Waals surface area contributed by atoms with Crippen LogP contribution in [0, 0.1) is 5.92 Å². The second-order valence-electron chi connectivity index (χ2n) is 5.39. The van der Waals surface area contributed by atoms with Crippen LogP contribution in [0.15, 0.2) is 30.3 Å². The average Bonchev–Trinajstić information content (AvgIpc) is 2.83. The lowest BCUT2D eigenvalue weighted by molar-refractivity contribution is 0.264. The number of benzene rings is 1. The van der Waals surface area contributed by atoms with Crippen molar-refractivity contribution < 1.29 is 0 Å². The molecule has 1 unspecified atom stereocenters. The van der Waals surface area contributed by atoms with Gasteiger partial charge in [-0.05, 0) is 31.4 Å². The molecule has 1 aromatic carbocycles. The van der Waals surface area contributed by atoms with Gasteiger partial charge in [-0.3, -0.25) is 0 Å². The lowest BCUT2D eigenvalue weighted by Gasteiger charge is -2.25. The monoisotopic (exact) mass is 232 g/mol. The Balaban J connectivity index is 1.78. The zero-order chi connectivity index (χ0) is 12.1. The molecule has 0 spiro atoms. The van der Waals surface area contributed by atoms with Crippen molar-refractivity contribution in [3.8, 4) is 0 Å². The number of nitrogens with zero attached hydrogens (tertiary/aromatic N) is 1. The summed E-state index contributed by atoms with van der Waals surface area (Å²) in [6.45, 7) is 2.01. The first kappa shape index (κ1) is 12.6. The summed E-state index contributed by atoms with van der Waals surface area (Å²) in [5, 5.41) is 0. The zero-order valence-electron chi connectivity index (χ0n) is 10.8. The fraction of sp³-hybridized carbons (Fsp3) is 0.600. The molecule has 17 heavy (non-hydrogen) atoms. The summed E-state index contributed by atoms with van der Waals surface area (Å²) in [4.78, 5) is 2.35. The van der Waals surface area contributed by atoms with Crippen LogP contribution in [0.1, 0.15) is 31.2 Å². The molecule has 1 aromatic rings. The van der Waals surface area contributed by atoms with Crippen molar-refractivity contribution in [3.05, 3.63) is 35.9 Å². The van der Waals surface area contributed by atoms with Crippen molar-refractivity contribution in [2.75, 3.05) is 13.6 Å². The molecule has 2 nitrogen and oxygen atoms in total. The fourth-order valence-electron chi connectivity index (χ4n) is 2.85. The van der Waals surface area contributed by atoms with E-state index in [4.69, 9.17) is 5.73 Å². The van der Waals surface area contributed by atoms with E-state index in [0.717, 1.165) is 19.0 Å². The molecule has 1 aliphatic rings. The summed E-state index contributed by atoms with van der Waals surface area (Å²) in [5.41, 5.74) is 7.66. The molecular weight excluding hydrogens is 208 g/mol. The van der Waals surface area contributed by atoms with Crippen LogP contribution in [0.2, 0.25) is 0 Å². The molecule has 1 aliphatic carbocycles. The van der Waals surface area contributed by atoms with Crippen LogP contribution in [-0.2, 0) is 6.54 Å². The quantitative estimate of drug-likeness (QED) is 0.845. The Kier molecular flexibility index (Phi) is 4.57. The third-order valence-corrected chi connectivity index (χ3v) is 3.82. The summed E-state index contributed by atoms with van der Waals surface area (Å²) >= 11 is 0. The van der Waals surface area contributed by atoms with Crippen molar-refractivity contribution in [3.63, 3.8) is 0 Å². The van der Waals surface area contributed by atoms with Gasteiger partial charge < -0.3 is 10.6 Å². The second-order valence-corrected chi connectivity index (χ2v) is 5.39. The molecular formula is C15H24N2. The Bertz CT molecular complexity index is 317. The van der Waals surface area contributed by atoms with Crippen LogP contribution < -0.4 is 5.73 Å². The average molecular weight is 232 g/mol. The van der Waals surface area contributed by atoms with Crippen LogP contribution in [0.5, 0.6) is 0 Å². The second kappa shape index (κ2) is 6.18. The van der Waals surface area contributed by atoms with Gasteiger partial charge in [0.2, 0.25) is 0 Å². The summed E-state index contributed by atoms with van der Waals surface area (Å²) in [7, 11) is 2.17. The van der Waals surface area contributed by atoms with Gasteiger partial charge in [0.1, 0.15) is 0 Å². The zero-order valence-corrected chi connectivity index (χ0v) is 10.8. The number of hydrogen-bond acceptors (Lipinski definition) is 2. The predicted octanol–water partition coefficient (Wildman–Crippen LogP) is 2.64. The number of nitrogens with two attached hydrogens (primary N) is 1. The lowest BCUT2D eigenvalue weighted by Crippen LogP contribution is -2.39. The van der Waals surface area contributed by atoms with Crippen molar-refractivity contribution in [2.45, 2.75) is 38.3 Å². The van der Waals surface area contributed by atoms with E-state index in [0.29, 0.717) is 6.04 Å². The Morgan fingerprint density at radius 2 is 1.88 bits per heavy atom. The number of rotatable bonds is 5. The van der Waals surface area contributed by atoms with E-state index in [-0.39, 0.29) is 0 Å². The highest BCUT2D eigenvalue weighted by Crippen LogP contribution is 2.27. The Morgan fingerprint density at radius 1 is 1.24 bits per heavy atom. The molecule has 0 amide bonds. The normalized spacial score (nSPS) is 18.8. The topological polar surface area (TPSA) is 29.3 Å². The van der Waals surface area contributed by atoms with Crippen molar-refractivity contribution in [1.82, 2.24) is 4.90 Å². The first-order chi connectivity index (χ1) is 8.25. The van der Waals surface area contributed by atoms with Crippen LogP contribution in [0.4, 0.5) is 0 Å². The Morgan fingerprint density at radius 3 is 2.53 bits per heavy atom. The van der Waals surface area contributed by atoms with Crippen molar-refractivity contribution in [2.24, 2.45) is 11.7 Å². The van der Waals surface area contributed by atoms with Gasteiger partial charge in [-0.2, -0.15) is 0 Å². The lowest BCUT2D eigenvalue weighted by atomic mass is 9.98. The van der Waals surface area contributed by atoms with Crippen molar-refractivity contribution in [1.29, 1.82) is 0 Å².